The van der Waals surface area contributed by atoms with Crippen molar-refractivity contribution in [2.75, 3.05) is 31.3 Å². The number of allylic oxidation sites excluding steroid dienone is 2. The molecule has 0 radical (unpaired) electrons. The van der Waals surface area contributed by atoms with Crippen molar-refractivity contribution in [1.82, 2.24) is 4.57 Å². The number of hydrogen-bond acceptors (Lipinski definition) is 5. The number of halogens is 2. The number of esters is 1. The molecule has 8 heteroatoms. The molecule has 0 saturated carbocycles. The predicted octanol–water partition coefficient (Wildman–Crippen LogP) is 3.28. The maximum absolute atomic E-state index is 15.3. The van der Waals surface area contributed by atoms with E-state index in [2.05, 4.69) is 0 Å². The molecule has 6 nitrogen and oxygen atoms in total. The number of alkyl halides is 1. The van der Waals surface area contributed by atoms with E-state index in [1.807, 2.05) is 29.2 Å². The number of fused-ring (bicyclic) bond motifs is 2. The van der Waals surface area contributed by atoms with Gasteiger partial charge in [0.1, 0.15) is 18.1 Å². The second kappa shape index (κ2) is 7.85. The summed E-state index contributed by atoms with van der Waals surface area (Å²) < 4.78 is 35.8. The van der Waals surface area contributed by atoms with Gasteiger partial charge in [0, 0.05) is 30.6 Å². The minimum absolute atomic E-state index is 0.00260. The Bertz CT molecular complexity index is 1200. The van der Waals surface area contributed by atoms with Gasteiger partial charge in [-0.2, -0.15) is 0 Å². The number of rotatable bonds is 5. The van der Waals surface area contributed by atoms with Gasteiger partial charge in [-0.15, -0.1) is 0 Å². The van der Waals surface area contributed by atoms with Crippen LogP contribution in [0.2, 0.25) is 0 Å². The van der Waals surface area contributed by atoms with Crippen molar-refractivity contribution in [2.45, 2.75) is 31.8 Å². The summed E-state index contributed by atoms with van der Waals surface area (Å²) in [7, 11) is 0. The molecule has 2 aromatic rings. The summed E-state index contributed by atoms with van der Waals surface area (Å²) in [5.74, 6) is -1.40. The van der Waals surface area contributed by atoms with Crippen LogP contribution in [0.25, 0.3) is 10.9 Å². The SMILES string of the molecule is CCOC(=O)c1cn(C(C)(C)CF)c2cc(N3CC4C=CC=CC4(N)C3)c(F)cc2c1=O. The van der Waals surface area contributed by atoms with Gasteiger partial charge in [-0.3, -0.25) is 4.79 Å². The van der Waals surface area contributed by atoms with Crippen LogP contribution in [0.5, 0.6) is 0 Å². The third kappa shape index (κ3) is 3.52. The molecular formula is C24H27F2N3O3. The fraction of sp³-hybridized carbons (Fsp3) is 0.417. The highest BCUT2D eigenvalue weighted by atomic mass is 19.1. The number of benzene rings is 1. The van der Waals surface area contributed by atoms with Gasteiger partial charge in [0.05, 0.1) is 28.9 Å². The van der Waals surface area contributed by atoms with Gasteiger partial charge in [-0.1, -0.05) is 24.3 Å². The van der Waals surface area contributed by atoms with Crippen molar-refractivity contribution < 1.29 is 18.3 Å². The lowest BCUT2D eigenvalue weighted by molar-refractivity contribution is 0.0523. The highest BCUT2D eigenvalue weighted by Crippen LogP contribution is 2.36. The van der Waals surface area contributed by atoms with Crippen molar-refractivity contribution in [3.63, 3.8) is 0 Å². The molecule has 1 saturated heterocycles. The van der Waals surface area contributed by atoms with Gasteiger partial charge in [-0.05, 0) is 32.9 Å². The monoisotopic (exact) mass is 443 g/mol. The summed E-state index contributed by atoms with van der Waals surface area (Å²) in [5.41, 5.74) is 4.56. The van der Waals surface area contributed by atoms with E-state index in [1.54, 1.807) is 26.8 Å². The molecule has 0 bridgehead atoms. The zero-order chi connectivity index (χ0) is 23.3. The molecule has 32 heavy (non-hydrogen) atoms. The Balaban J connectivity index is 1.91. The molecule has 1 aliphatic carbocycles. The second-order valence-corrected chi connectivity index (χ2v) is 9.07. The van der Waals surface area contributed by atoms with Crippen molar-refractivity contribution in [3.05, 3.63) is 64.2 Å². The molecule has 1 aliphatic heterocycles. The minimum atomic E-state index is -1.08. The predicted molar refractivity (Wildman–Crippen MR) is 120 cm³/mol. The fourth-order valence-electron chi connectivity index (χ4n) is 4.45. The first-order chi connectivity index (χ1) is 15.1. The van der Waals surface area contributed by atoms with Crippen LogP contribution in [0.15, 0.2) is 47.4 Å². The molecule has 170 valence electrons. The zero-order valence-corrected chi connectivity index (χ0v) is 18.4. The molecule has 1 aromatic heterocycles. The maximum Gasteiger partial charge on any atom is 0.343 e. The Hall–Kier alpha value is -3.00. The normalized spacial score (nSPS) is 22.4. The lowest BCUT2D eigenvalue weighted by Gasteiger charge is -2.29. The lowest BCUT2D eigenvalue weighted by Crippen LogP contribution is -2.46. The van der Waals surface area contributed by atoms with Crippen molar-refractivity contribution in [1.29, 1.82) is 0 Å². The molecule has 2 unspecified atom stereocenters. The van der Waals surface area contributed by atoms with Gasteiger partial charge < -0.3 is 19.9 Å². The number of hydrogen-bond donors (Lipinski definition) is 1. The number of nitrogens with zero attached hydrogens (tertiary/aromatic N) is 2. The van der Waals surface area contributed by atoms with Gasteiger partial charge in [0.25, 0.3) is 0 Å². The maximum atomic E-state index is 15.3. The number of carbonyl (C=O) groups excluding carboxylic acids is 1. The number of nitrogens with two attached hydrogens (primary N) is 1. The summed E-state index contributed by atoms with van der Waals surface area (Å²) >= 11 is 0. The number of pyridine rings is 1. The first-order valence-corrected chi connectivity index (χ1v) is 10.6. The Morgan fingerprint density at radius 3 is 2.75 bits per heavy atom. The van der Waals surface area contributed by atoms with E-state index in [4.69, 9.17) is 10.5 Å². The first-order valence-electron chi connectivity index (χ1n) is 10.6. The van der Waals surface area contributed by atoms with Crippen LogP contribution < -0.4 is 16.1 Å². The number of aromatic nitrogens is 1. The standard InChI is InChI=1S/C24H27F2N3O3/c1-4-32-22(31)17-12-29(23(2,3)13-25)19-10-20(18(26)9-16(19)21(17)30)28-11-15-7-5-6-8-24(15,27)14-28/h5-10,12,15H,4,11,13-14,27H2,1-3H3. The molecule has 0 amide bonds. The quantitative estimate of drug-likeness (QED) is 0.718. The average molecular weight is 443 g/mol. The molecule has 2 heterocycles. The molecule has 4 rings (SSSR count). The van der Waals surface area contributed by atoms with Crippen LogP contribution >= 0.6 is 0 Å². The van der Waals surface area contributed by atoms with E-state index < -0.39 is 35.0 Å². The third-order valence-electron chi connectivity index (χ3n) is 6.32. The molecule has 1 fully saturated rings. The Morgan fingerprint density at radius 1 is 1.34 bits per heavy atom. The second-order valence-electron chi connectivity index (χ2n) is 9.07. The van der Waals surface area contributed by atoms with Crippen molar-refractivity contribution in [2.24, 2.45) is 11.7 Å². The summed E-state index contributed by atoms with van der Waals surface area (Å²) in [6.07, 6.45) is 9.05. The number of anilines is 1. The number of carbonyl (C=O) groups is 1. The van der Waals surface area contributed by atoms with Crippen LogP contribution in [-0.2, 0) is 10.3 Å². The van der Waals surface area contributed by atoms with E-state index in [0.717, 1.165) is 6.07 Å². The highest BCUT2D eigenvalue weighted by molar-refractivity contribution is 5.94. The van der Waals surface area contributed by atoms with E-state index in [-0.39, 0.29) is 29.2 Å². The van der Waals surface area contributed by atoms with Crippen LogP contribution in [0.3, 0.4) is 0 Å². The van der Waals surface area contributed by atoms with E-state index >= 15 is 4.39 Å². The van der Waals surface area contributed by atoms with E-state index in [0.29, 0.717) is 18.6 Å². The van der Waals surface area contributed by atoms with Gasteiger partial charge in [0.2, 0.25) is 5.43 Å². The average Bonchev–Trinajstić information content (AvgIpc) is 3.11. The van der Waals surface area contributed by atoms with Crippen LogP contribution in [0, 0.1) is 11.7 Å². The smallest absolute Gasteiger partial charge is 0.343 e. The van der Waals surface area contributed by atoms with Crippen molar-refractivity contribution in [3.8, 4) is 0 Å². The molecule has 2 N–H and O–H groups in total. The molecular weight excluding hydrogens is 416 g/mol. The van der Waals surface area contributed by atoms with Crippen LogP contribution in [0.1, 0.15) is 31.1 Å². The largest absolute Gasteiger partial charge is 0.462 e. The fourth-order valence-corrected chi connectivity index (χ4v) is 4.45. The van der Waals surface area contributed by atoms with Crippen molar-refractivity contribution >= 4 is 22.6 Å². The summed E-state index contributed by atoms with van der Waals surface area (Å²) in [4.78, 5) is 27.2. The Morgan fingerprint density at radius 2 is 2.09 bits per heavy atom. The first kappa shape index (κ1) is 22.2. The lowest BCUT2D eigenvalue weighted by atomic mass is 9.85. The molecule has 2 atom stereocenters. The summed E-state index contributed by atoms with van der Waals surface area (Å²) in [5, 5.41) is -0.00260. The third-order valence-corrected chi connectivity index (χ3v) is 6.32. The van der Waals surface area contributed by atoms with E-state index in [9.17, 15) is 14.0 Å². The minimum Gasteiger partial charge on any atom is -0.462 e. The number of ether oxygens (including phenoxy) is 1. The van der Waals surface area contributed by atoms with Crippen LogP contribution in [0.4, 0.5) is 14.5 Å². The Labute approximate surface area is 184 Å². The van der Waals surface area contributed by atoms with Gasteiger partial charge >= 0.3 is 5.97 Å². The Kier molecular flexibility index (Phi) is 5.45. The topological polar surface area (TPSA) is 77.6 Å². The van der Waals surface area contributed by atoms with Gasteiger partial charge in [0.15, 0.2) is 0 Å². The van der Waals surface area contributed by atoms with Gasteiger partial charge in [-0.25, -0.2) is 13.6 Å². The summed E-state index contributed by atoms with van der Waals surface area (Å²) in [6.45, 7) is 5.14. The highest BCUT2D eigenvalue weighted by Gasteiger charge is 2.42. The van der Waals surface area contributed by atoms with Crippen LogP contribution in [-0.4, -0.2) is 42.4 Å². The molecule has 2 aliphatic rings. The molecule has 1 aromatic carbocycles. The van der Waals surface area contributed by atoms with E-state index in [1.165, 1.54) is 10.8 Å². The summed E-state index contributed by atoms with van der Waals surface area (Å²) in [6, 6.07) is 2.67. The zero-order valence-electron chi connectivity index (χ0n) is 18.4. The molecule has 0 spiro atoms.